The number of aromatic nitrogens is 4. The first-order valence-corrected chi connectivity index (χ1v) is 16.1. The number of benzene rings is 2. The fraction of sp³-hybridized carbons (Fsp3) is 0.382. The van der Waals surface area contributed by atoms with Crippen molar-refractivity contribution >= 4 is 40.6 Å². The number of hydrogen-bond donors (Lipinski definition) is 1. The third kappa shape index (κ3) is 7.00. The predicted octanol–water partition coefficient (Wildman–Crippen LogP) is 6.39. The van der Waals surface area contributed by atoms with Crippen molar-refractivity contribution in [2.75, 3.05) is 25.0 Å². The van der Waals surface area contributed by atoms with Gasteiger partial charge in [-0.1, -0.05) is 24.6 Å². The number of rotatable bonds is 6. The van der Waals surface area contributed by atoms with Gasteiger partial charge in [0.05, 0.1) is 28.4 Å². The molecule has 1 N–H and O–H groups in total. The second-order valence-corrected chi connectivity index (χ2v) is 13.2. The Morgan fingerprint density at radius 2 is 1.88 bits per heavy atom. The Labute approximate surface area is 284 Å². The zero-order valence-corrected chi connectivity index (χ0v) is 28.0. The smallest absolute Gasteiger partial charge is 0.416 e. The van der Waals surface area contributed by atoms with Crippen LogP contribution >= 0.6 is 11.6 Å². The van der Waals surface area contributed by atoms with Crippen LogP contribution in [0.15, 0.2) is 47.3 Å². The predicted molar refractivity (Wildman–Crippen MR) is 177 cm³/mol. The zero-order chi connectivity index (χ0) is 35.2. The number of nitrogens with one attached hydrogen (secondary N) is 1. The van der Waals surface area contributed by atoms with Gasteiger partial charge in [-0.2, -0.15) is 22.7 Å². The van der Waals surface area contributed by atoms with Gasteiger partial charge in [0.2, 0.25) is 11.7 Å². The Kier molecular flexibility index (Phi) is 8.94. The average Bonchev–Trinajstić information content (AvgIpc) is 3.70. The number of nitrogens with zero attached hydrogens (tertiary/aromatic N) is 5. The minimum atomic E-state index is -4.60. The average molecular weight is 699 g/mol. The van der Waals surface area contributed by atoms with Crippen molar-refractivity contribution in [3.05, 3.63) is 80.2 Å². The Morgan fingerprint density at radius 3 is 2.53 bits per heavy atom. The lowest BCUT2D eigenvalue weighted by atomic mass is 9.97. The highest BCUT2D eigenvalue weighted by Gasteiger charge is 2.32. The van der Waals surface area contributed by atoms with Crippen LogP contribution in [0.1, 0.15) is 56.5 Å². The summed E-state index contributed by atoms with van der Waals surface area (Å²) < 4.78 is 53.5. The second-order valence-electron chi connectivity index (χ2n) is 12.8. The molecule has 49 heavy (non-hydrogen) atoms. The summed E-state index contributed by atoms with van der Waals surface area (Å²) >= 11 is 6.12. The Morgan fingerprint density at radius 1 is 1.10 bits per heavy atom. The fourth-order valence-corrected chi connectivity index (χ4v) is 6.15. The van der Waals surface area contributed by atoms with Gasteiger partial charge in [-0.3, -0.25) is 9.59 Å². The molecule has 0 radical (unpaired) electrons. The van der Waals surface area contributed by atoms with E-state index in [9.17, 15) is 27.6 Å². The number of amides is 2. The SMILES string of the molecule is CCc1c(C2=CCN(C(=O)OC(C)(C)C)CC2)c(=O)n2nc(-c3ccc4c(c3)CCO4)nc2n1CC(=O)Nc1ccc(C(F)(F)F)cc1Cl. The van der Waals surface area contributed by atoms with E-state index in [1.807, 2.05) is 19.1 Å². The fourth-order valence-electron chi connectivity index (χ4n) is 5.92. The first kappa shape index (κ1) is 34.0. The van der Waals surface area contributed by atoms with Gasteiger partial charge in [-0.05, 0) is 81.1 Å². The normalized spacial score (nSPS) is 14.8. The van der Waals surface area contributed by atoms with Crippen molar-refractivity contribution < 1.29 is 32.2 Å². The molecule has 2 aromatic carbocycles. The van der Waals surface area contributed by atoms with Crippen molar-refractivity contribution in [3.63, 3.8) is 0 Å². The van der Waals surface area contributed by atoms with Gasteiger partial charge in [0.1, 0.15) is 17.9 Å². The molecule has 4 aromatic rings. The lowest BCUT2D eigenvalue weighted by Crippen LogP contribution is -2.39. The van der Waals surface area contributed by atoms with Gasteiger partial charge >= 0.3 is 12.3 Å². The molecule has 15 heteroatoms. The number of fused-ring (bicyclic) bond motifs is 2. The highest BCUT2D eigenvalue weighted by atomic mass is 35.5. The molecule has 11 nitrogen and oxygen atoms in total. The number of hydrogen-bond acceptors (Lipinski definition) is 7. The van der Waals surface area contributed by atoms with E-state index in [4.69, 9.17) is 26.1 Å². The molecule has 4 heterocycles. The number of carbonyl (C=O) groups is 2. The molecule has 2 aliphatic rings. The van der Waals surface area contributed by atoms with E-state index in [1.54, 1.807) is 42.4 Å². The molecule has 258 valence electrons. The zero-order valence-electron chi connectivity index (χ0n) is 27.3. The van der Waals surface area contributed by atoms with Gasteiger partial charge in [-0.15, -0.1) is 5.10 Å². The maximum absolute atomic E-state index is 14.2. The Balaban J connectivity index is 1.41. The monoisotopic (exact) mass is 698 g/mol. The van der Waals surface area contributed by atoms with Crippen LogP contribution < -0.4 is 15.6 Å². The summed E-state index contributed by atoms with van der Waals surface area (Å²) in [6, 6.07) is 8.19. The molecule has 0 unspecified atom stereocenters. The van der Waals surface area contributed by atoms with Crippen LogP contribution in [0.2, 0.25) is 5.02 Å². The first-order chi connectivity index (χ1) is 23.1. The molecule has 2 aliphatic heterocycles. The molecular weight excluding hydrogens is 665 g/mol. The third-order valence-electron chi connectivity index (χ3n) is 8.19. The van der Waals surface area contributed by atoms with Gasteiger partial charge in [0.25, 0.3) is 5.56 Å². The van der Waals surface area contributed by atoms with Gasteiger partial charge in [-0.25, -0.2) is 4.79 Å². The standard InChI is InChI=1S/C34H34ClF3N6O5/c1-5-25-28(19-10-13-42(14-11-19)32(47)49-33(2,3)4)30(46)44-31(40-29(41-44)21-6-9-26-20(16-21)12-15-48-26)43(25)18-27(45)39-24-8-7-22(17-23(24)35)34(36,37)38/h6-10,16-17H,5,11-15,18H2,1-4H3,(H,39,45). The van der Waals surface area contributed by atoms with Crippen molar-refractivity contribution in [3.8, 4) is 17.1 Å². The van der Waals surface area contributed by atoms with Crippen LogP contribution in [-0.2, 0) is 35.1 Å². The van der Waals surface area contributed by atoms with Crippen LogP contribution in [0, 0.1) is 0 Å². The highest BCUT2D eigenvalue weighted by molar-refractivity contribution is 6.33. The molecule has 2 aromatic heterocycles. The van der Waals surface area contributed by atoms with Crippen LogP contribution in [0.3, 0.4) is 0 Å². The van der Waals surface area contributed by atoms with E-state index in [1.165, 1.54) is 0 Å². The number of ether oxygens (including phenoxy) is 2. The topological polar surface area (TPSA) is 120 Å². The molecular formula is C34H34ClF3N6O5. The lowest BCUT2D eigenvalue weighted by molar-refractivity contribution is -0.137. The van der Waals surface area contributed by atoms with E-state index in [0.717, 1.165) is 34.0 Å². The maximum atomic E-state index is 14.2. The van der Waals surface area contributed by atoms with Crippen molar-refractivity contribution in [2.45, 2.75) is 65.3 Å². The molecule has 6 rings (SSSR count). The molecule has 0 bridgehead atoms. The van der Waals surface area contributed by atoms with Crippen molar-refractivity contribution in [2.24, 2.45) is 0 Å². The summed E-state index contributed by atoms with van der Waals surface area (Å²) in [6.07, 6.45) is -1.90. The molecule has 0 saturated carbocycles. The van der Waals surface area contributed by atoms with E-state index in [-0.39, 0.29) is 35.4 Å². The lowest BCUT2D eigenvalue weighted by Gasteiger charge is -2.30. The summed E-state index contributed by atoms with van der Waals surface area (Å²) in [6.45, 7) is 7.90. The largest absolute Gasteiger partial charge is 0.493 e. The Bertz CT molecular complexity index is 2060. The molecule has 0 fully saturated rings. The van der Waals surface area contributed by atoms with Crippen LogP contribution in [0.4, 0.5) is 23.7 Å². The summed E-state index contributed by atoms with van der Waals surface area (Å²) in [5, 5.41) is 6.89. The molecule has 0 saturated heterocycles. The van der Waals surface area contributed by atoms with Crippen molar-refractivity contribution in [1.29, 1.82) is 0 Å². The molecule has 0 spiro atoms. The van der Waals surface area contributed by atoms with E-state index < -0.39 is 34.9 Å². The van der Waals surface area contributed by atoms with E-state index in [0.29, 0.717) is 54.8 Å². The molecule has 0 aliphatic carbocycles. The van der Waals surface area contributed by atoms with Gasteiger partial charge < -0.3 is 24.3 Å². The minimum absolute atomic E-state index is 0.00487. The van der Waals surface area contributed by atoms with Crippen LogP contribution in [0.25, 0.3) is 22.7 Å². The highest BCUT2D eigenvalue weighted by Crippen LogP contribution is 2.34. The molecule has 2 amide bonds. The van der Waals surface area contributed by atoms with Crippen molar-refractivity contribution in [1.82, 2.24) is 24.1 Å². The second kappa shape index (κ2) is 12.9. The quantitative estimate of drug-likeness (QED) is 0.248. The molecule has 0 atom stereocenters. The Hall–Kier alpha value is -4.85. The summed E-state index contributed by atoms with van der Waals surface area (Å²) in [5.74, 6) is 0.532. The summed E-state index contributed by atoms with van der Waals surface area (Å²) in [5.41, 5.74) is 1.09. The number of halogens is 4. The van der Waals surface area contributed by atoms with Crippen LogP contribution in [-0.4, -0.2) is 61.4 Å². The van der Waals surface area contributed by atoms with E-state index in [2.05, 4.69) is 10.4 Å². The summed E-state index contributed by atoms with van der Waals surface area (Å²) in [7, 11) is 0. The maximum Gasteiger partial charge on any atom is 0.416 e. The minimum Gasteiger partial charge on any atom is -0.493 e. The van der Waals surface area contributed by atoms with Gasteiger partial charge in [0, 0.05) is 30.8 Å². The first-order valence-electron chi connectivity index (χ1n) is 15.8. The van der Waals surface area contributed by atoms with Crippen LogP contribution in [0.5, 0.6) is 5.75 Å². The van der Waals surface area contributed by atoms with Gasteiger partial charge in [0.15, 0.2) is 5.82 Å². The van der Waals surface area contributed by atoms with E-state index >= 15 is 0 Å². The number of carbonyl (C=O) groups excluding carboxylic acids is 2. The number of anilines is 1. The third-order valence-corrected chi connectivity index (χ3v) is 8.50. The number of alkyl halides is 3. The summed E-state index contributed by atoms with van der Waals surface area (Å²) in [4.78, 5) is 46.7.